The molecule has 13 heavy (non-hydrogen) atoms. The van der Waals surface area contributed by atoms with Gasteiger partial charge in [-0.3, -0.25) is 0 Å². The summed E-state index contributed by atoms with van der Waals surface area (Å²) in [4.78, 5) is 4.65. The zero-order valence-corrected chi connectivity index (χ0v) is 7.05. The van der Waals surface area contributed by atoms with E-state index in [0.717, 1.165) is 0 Å². The van der Waals surface area contributed by atoms with Gasteiger partial charge < -0.3 is 15.1 Å². The fourth-order valence-corrected chi connectivity index (χ4v) is 0.784. The SMILES string of the molecule is OCCO/N=C/c1ccccc1O. The van der Waals surface area contributed by atoms with E-state index in [9.17, 15) is 5.11 Å². The van der Waals surface area contributed by atoms with E-state index < -0.39 is 0 Å². The fraction of sp³-hybridized carbons (Fsp3) is 0.222. The number of aliphatic hydroxyl groups excluding tert-OH is 1. The lowest BCUT2D eigenvalue weighted by Crippen LogP contribution is -1.93. The van der Waals surface area contributed by atoms with Crippen LogP contribution in [0.1, 0.15) is 5.56 Å². The lowest BCUT2D eigenvalue weighted by atomic mass is 10.2. The number of aliphatic hydroxyl groups is 1. The first-order valence-electron chi connectivity index (χ1n) is 3.89. The van der Waals surface area contributed by atoms with E-state index in [1.54, 1.807) is 24.3 Å². The first-order valence-corrected chi connectivity index (χ1v) is 3.89. The Morgan fingerprint density at radius 1 is 1.38 bits per heavy atom. The molecular weight excluding hydrogens is 170 g/mol. The van der Waals surface area contributed by atoms with Crippen LogP contribution in [-0.2, 0) is 4.84 Å². The first-order chi connectivity index (χ1) is 6.34. The Morgan fingerprint density at radius 2 is 2.15 bits per heavy atom. The van der Waals surface area contributed by atoms with Crippen molar-refractivity contribution >= 4 is 6.21 Å². The predicted molar refractivity (Wildman–Crippen MR) is 48.7 cm³/mol. The quantitative estimate of drug-likeness (QED) is 0.409. The van der Waals surface area contributed by atoms with Gasteiger partial charge in [0.25, 0.3) is 0 Å². The van der Waals surface area contributed by atoms with Crippen LogP contribution in [-0.4, -0.2) is 29.6 Å². The number of nitrogens with zero attached hydrogens (tertiary/aromatic N) is 1. The second kappa shape index (κ2) is 5.16. The highest BCUT2D eigenvalue weighted by atomic mass is 16.6. The first kappa shape index (κ1) is 9.54. The summed E-state index contributed by atoms with van der Waals surface area (Å²) >= 11 is 0. The topological polar surface area (TPSA) is 62.0 Å². The Hall–Kier alpha value is -1.55. The molecule has 0 bridgehead atoms. The minimum Gasteiger partial charge on any atom is -0.507 e. The molecule has 0 spiro atoms. The summed E-state index contributed by atoms with van der Waals surface area (Å²) in [5.74, 6) is 0.152. The van der Waals surface area contributed by atoms with Crippen LogP contribution in [0.5, 0.6) is 5.75 Å². The van der Waals surface area contributed by atoms with Gasteiger partial charge in [-0.05, 0) is 12.1 Å². The van der Waals surface area contributed by atoms with E-state index in [0.29, 0.717) is 5.56 Å². The normalized spacial score (nSPS) is 10.5. The Bertz CT molecular complexity index is 286. The fourth-order valence-electron chi connectivity index (χ4n) is 0.784. The number of hydrogen-bond donors (Lipinski definition) is 2. The number of benzene rings is 1. The lowest BCUT2D eigenvalue weighted by Gasteiger charge is -1.96. The third-order valence-corrected chi connectivity index (χ3v) is 1.39. The van der Waals surface area contributed by atoms with Crippen molar-refractivity contribution in [3.05, 3.63) is 29.8 Å². The van der Waals surface area contributed by atoms with Gasteiger partial charge >= 0.3 is 0 Å². The molecule has 0 saturated carbocycles. The summed E-state index contributed by atoms with van der Waals surface area (Å²) < 4.78 is 0. The van der Waals surface area contributed by atoms with Crippen molar-refractivity contribution < 1.29 is 15.1 Å². The largest absolute Gasteiger partial charge is 0.507 e. The van der Waals surface area contributed by atoms with Crippen molar-refractivity contribution in [2.75, 3.05) is 13.2 Å². The van der Waals surface area contributed by atoms with Gasteiger partial charge in [0.1, 0.15) is 12.4 Å². The van der Waals surface area contributed by atoms with Crippen molar-refractivity contribution in [3.63, 3.8) is 0 Å². The maximum atomic E-state index is 9.27. The third-order valence-electron chi connectivity index (χ3n) is 1.39. The van der Waals surface area contributed by atoms with Crippen LogP contribution >= 0.6 is 0 Å². The molecule has 0 aliphatic rings. The molecule has 4 nitrogen and oxygen atoms in total. The van der Waals surface area contributed by atoms with E-state index in [1.165, 1.54) is 6.21 Å². The number of para-hydroxylation sites is 1. The van der Waals surface area contributed by atoms with Gasteiger partial charge in [-0.1, -0.05) is 17.3 Å². The van der Waals surface area contributed by atoms with Crippen LogP contribution in [0.4, 0.5) is 0 Å². The highest BCUT2D eigenvalue weighted by molar-refractivity contribution is 5.82. The summed E-state index contributed by atoms with van der Waals surface area (Å²) in [7, 11) is 0. The smallest absolute Gasteiger partial charge is 0.140 e. The molecule has 0 heterocycles. The molecule has 0 saturated heterocycles. The molecule has 70 valence electrons. The number of oxime groups is 1. The standard InChI is InChI=1S/C9H11NO3/c11-5-6-13-10-7-8-3-1-2-4-9(8)12/h1-4,7,11-12H,5-6H2/b10-7+. The van der Waals surface area contributed by atoms with Crippen LogP contribution in [0.15, 0.2) is 29.4 Å². The molecule has 0 aliphatic heterocycles. The highest BCUT2D eigenvalue weighted by Crippen LogP contribution is 2.12. The highest BCUT2D eigenvalue weighted by Gasteiger charge is 1.93. The number of aromatic hydroxyl groups is 1. The van der Waals surface area contributed by atoms with Crippen molar-refractivity contribution in [3.8, 4) is 5.75 Å². The third kappa shape index (κ3) is 3.13. The van der Waals surface area contributed by atoms with E-state index in [1.807, 2.05) is 0 Å². The van der Waals surface area contributed by atoms with Gasteiger partial charge in [0, 0.05) is 5.56 Å². The minimum absolute atomic E-state index is 0.0713. The zero-order chi connectivity index (χ0) is 9.52. The Labute approximate surface area is 76.1 Å². The molecule has 0 aliphatic carbocycles. The average molecular weight is 181 g/mol. The molecule has 0 fully saturated rings. The van der Waals surface area contributed by atoms with E-state index in [4.69, 9.17) is 5.11 Å². The maximum Gasteiger partial charge on any atom is 0.140 e. The van der Waals surface area contributed by atoms with E-state index in [2.05, 4.69) is 9.99 Å². The molecule has 0 atom stereocenters. The van der Waals surface area contributed by atoms with Crippen molar-refractivity contribution in [2.24, 2.45) is 5.16 Å². The molecule has 4 heteroatoms. The second-order valence-electron chi connectivity index (χ2n) is 2.35. The zero-order valence-electron chi connectivity index (χ0n) is 7.05. The van der Waals surface area contributed by atoms with Crippen LogP contribution in [0.2, 0.25) is 0 Å². The summed E-state index contributed by atoms with van der Waals surface area (Å²) in [6.45, 7) is 0.0855. The van der Waals surface area contributed by atoms with Gasteiger partial charge in [0.15, 0.2) is 0 Å². The summed E-state index contributed by atoms with van der Waals surface area (Å²) in [6.07, 6.45) is 1.39. The molecular formula is C9H11NO3. The number of rotatable bonds is 4. The molecule has 1 aromatic carbocycles. The second-order valence-corrected chi connectivity index (χ2v) is 2.35. The van der Waals surface area contributed by atoms with Crippen molar-refractivity contribution in [2.45, 2.75) is 0 Å². The Kier molecular flexibility index (Phi) is 3.78. The van der Waals surface area contributed by atoms with Crippen molar-refractivity contribution in [1.29, 1.82) is 0 Å². The van der Waals surface area contributed by atoms with Crippen LogP contribution in [0.3, 0.4) is 0 Å². The van der Waals surface area contributed by atoms with Gasteiger partial charge in [0.2, 0.25) is 0 Å². The summed E-state index contributed by atoms with van der Waals surface area (Å²) in [5.41, 5.74) is 0.584. The minimum atomic E-state index is -0.0713. The van der Waals surface area contributed by atoms with E-state index >= 15 is 0 Å². The molecule has 0 amide bonds. The van der Waals surface area contributed by atoms with Gasteiger partial charge in [-0.25, -0.2) is 0 Å². The van der Waals surface area contributed by atoms with E-state index in [-0.39, 0.29) is 19.0 Å². The van der Waals surface area contributed by atoms with Crippen LogP contribution in [0, 0.1) is 0 Å². The van der Waals surface area contributed by atoms with Crippen LogP contribution in [0.25, 0.3) is 0 Å². The Balaban J connectivity index is 2.53. The molecule has 1 aromatic rings. The molecule has 1 rings (SSSR count). The van der Waals surface area contributed by atoms with Gasteiger partial charge in [-0.15, -0.1) is 0 Å². The number of phenolic OH excluding ortho intramolecular Hbond substituents is 1. The Morgan fingerprint density at radius 3 is 2.85 bits per heavy atom. The lowest BCUT2D eigenvalue weighted by molar-refractivity contribution is 0.0997. The van der Waals surface area contributed by atoms with Gasteiger partial charge in [-0.2, -0.15) is 0 Å². The molecule has 0 unspecified atom stereocenters. The predicted octanol–water partition coefficient (Wildman–Crippen LogP) is 0.735. The molecule has 0 radical (unpaired) electrons. The van der Waals surface area contributed by atoms with Crippen molar-refractivity contribution in [1.82, 2.24) is 0 Å². The van der Waals surface area contributed by atoms with Crippen LogP contribution < -0.4 is 0 Å². The summed E-state index contributed by atoms with van der Waals surface area (Å²) in [6, 6.07) is 6.78. The molecule has 0 aromatic heterocycles. The van der Waals surface area contributed by atoms with Gasteiger partial charge in [0.05, 0.1) is 12.8 Å². The number of hydrogen-bond acceptors (Lipinski definition) is 4. The summed E-state index contributed by atoms with van der Waals surface area (Å²) in [5, 5.41) is 21.2. The average Bonchev–Trinajstić information content (AvgIpc) is 2.15. The monoisotopic (exact) mass is 181 g/mol. The maximum absolute atomic E-state index is 9.27. The molecule has 2 N–H and O–H groups in total. The number of phenols is 1.